The SMILES string of the molecule is CCCNC(=O)c1ccc(Cn2ccnc2)c2c(C)c(C)oc12. The fourth-order valence-electron chi connectivity index (χ4n) is 2.77. The summed E-state index contributed by atoms with van der Waals surface area (Å²) in [6.45, 7) is 7.37. The van der Waals surface area contributed by atoms with Gasteiger partial charge in [0.25, 0.3) is 5.91 Å². The molecule has 0 saturated carbocycles. The van der Waals surface area contributed by atoms with E-state index in [1.165, 1.54) is 0 Å². The van der Waals surface area contributed by atoms with Gasteiger partial charge in [-0.05, 0) is 37.5 Å². The van der Waals surface area contributed by atoms with E-state index in [0.29, 0.717) is 24.2 Å². The van der Waals surface area contributed by atoms with Gasteiger partial charge < -0.3 is 14.3 Å². The standard InChI is InChI=1S/C18H21N3O2/c1-4-7-20-18(22)15-6-5-14(10-21-9-8-19-11-21)16-12(2)13(3)23-17(15)16/h5-6,8-9,11H,4,7,10H2,1-3H3,(H,20,22). The minimum Gasteiger partial charge on any atom is -0.460 e. The van der Waals surface area contributed by atoms with Crippen molar-refractivity contribution in [1.29, 1.82) is 0 Å². The van der Waals surface area contributed by atoms with Crippen molar-refractivity contribution in [3.05, 3.63) is 53.3 Å². The molecule has 120 valence electrons. The number of hydrogen-bond acceptors (Lipinski definition) is 3. The molecule has 0 aliphatic carbocycles. The molecular formula is C18H21N3O2. The number of nitrogens with zero attached hydrogens (tertiary/aromatic N) is 2. The maximum absolute atomic E-state index is 12.4. The molecule has 0 bridgehead atoms. The van der Waals surface area contributed by atoms with Crippen LogP contribution in [0.2, 0.25) is 0 Å². The largest absolute Gasteiger partial charge is 0.460 e. The Morgan fingerprint density at radius 2 is 2.17 bits per heavy atom. The zero-order valence-corrected chi connectivity index (χ0v) is 13.7. The summed E-state index contributed by atoms with van der Waals surface area (Å²) in [5.41, 5.74) is 3.48. The number of imidazole rings is 1. The van der Waals surface area contributed by atoms with Crippen LogP contribution in [0.15, 0.2) is 35.3 Å². The first-order chi connectivity index (χ1) is 11.1. The van der Waals surface area contributed by atoms with Gasteiger partial charge in [-0.25, -0.2) is 4.98 Å². The lowest BCUT2D eigenvalue weighted by atomic mass is 10.0. The molecule has 3 aromatic rings. The Labute approximate surface area is 135 Å². The molecule has 0 spiro atoms. The van der Waals surface area contributed by atoms with Crippen molar-refractivity contribution in [2.45, 2.75) is 33.7 Å². The van der Waals surface area contributed by atoms with Gasteiger partial charge in [0.15, 0.2) is 0 Å². The molecule has 2 aromatic heterocycles. The summed E-state index contributed by atoms with van der Waals surface area (Å²) >= 11 is 0. The van der Waals surface area contributed by atoms with E-state index in [2.05, 4.69) is 10.3 Å². The molecule has 0 aliphatic rings. The molecule has 0 radical (unpaired) electrons. The number of rotatable bonds is 5. The summed E-state index contributed by atoms with van der Waals surface area (Å²) in [5.74, 6) is 0.766. The Bertz CT molecular complexity index is 832. The zero-order valence-electron chi connectivity index (χ0n) is 13.7. The highest BCUT2D eigenvalue weighted by molar-refractivity contribution is 6.06. The molecule has 0 saturated heterocycles. The molecule has 23 heavy (non-hydrogen) atoms. The number of nitrogens with one attached hydrogen (secondary N) is 1. The molecule has 5 nitrogen and oxygen atoms in total. The summed E-state index contributed by atoms with van der Waals surface area (Å²) in [5, 5.41) is 3.95. The van der Waals surface area contributed by atoms with Crippen LogP contribution in [-0.2, 0) is 6.54 Å². The normalized spacial score (nSPS) is 11.1. The van der Waals surface area contributed by atoms with E-state index in [4.69, 9.17) is 4.42 Å². The number of fused-ring (bicyclic) bond motifs is 1. The molecule has 1 amide bonds. The van der Waals surface area contributed by atoms with Crippen LogP contribution in [0.5, 0.6) is 0 Å². The van der Waals surface area contributed by atoms with Crippen LogP contribution >= 0.6 is 0 Å². The highest BCUT2D eigenvalue weighted by Gasteiger charge is 2.19. The van der Waals surface area contributed by atoms with Crippen LogP contribution in [0.1, 0.15) is 40.6 Å². The summed E-state index contributed by atoms with van der Waals surface area (Å²) < 4.78 is 7.91. The second kappa shape index (κ2) is 6.28. The van der Waals surface area contributed by atoms with Gasteiger partial charge in [0.2, 0.25) is 0 Å². The molecule has 5 heteroatoms. The summed E-state index contributed by atoms with van der Waals surface area (Å²) in [6.07, 6.45) is 6.38. The van der Waals surface area contributed by atoms with Crippen molar-refractivity contribution in [3.63, 3.8) is 0 Å². The Morgan fingerprint density at radius 1 is 1.35 bits per heavy atom. The van der Waals surface area contributed by atoms with Gasteiger partial charge in [-0.1, -0.05) is 13.0 Å². The predicted octanol–water partition coefficient (Wildman–Crippen LogP) is 3.43. The first-order valence-electron chi connectivity index (χ1n) is 7.87. The van der Waals surface area contributed by atoms with Crippen LogP contribution in [0, 0.1) is 13.8 Å². The van der Waals surface area contributed by atoms with Gasteiger partial charge in [0.05, 0.1) is 11.9 Å². The average molecular weight is 311 g/mol. The van der Waals surface area contributed by atoms with Gasteiger partial charge in [0.1, 0.15) is 11.3 Å². The molecule has 2 heterocycles. The molecule has 0 fully saturated rings. The lowest BCUT2D eigenvalue weighted by Gasteiger charge is -2.09. The number of carbonyl (C=O) groups is 1. The van der Waals surface area contributed by atoms with Crippen molar-refractivity contribution in [2.75, 3.05) is 6.54 Å². The minimum atomic E-state index is -0.0835. The molecule has 0 unspecified atom stereocenters. The van der Waals surface area contributed by atoms with E-state index in [1.54, 1.807) is 12.5 Å². The van der Waals surface area contributed by atoms with E-state index in [9.17, 15) is 4.79 Å². The Hall–Kier alpha value is -2.56. The Morgan fingerprint density at radius 3 is 2.87 bits per heavy atom. The maximum atomic E-state index is 12.4. The third-order valence-electron chi connectivity index (χ3n) is 4.09. The first-order valence-corrected chi connectivity index (χ1v) is 7.87. The molecule has 0 atom stereocenters. The van der Waals surface area contributed by atoms with E-state index in [0.717, 1.165) is 28.7 Å². The zero-order chi connectivity index (χ0) is 16.4. The summed E-state index contributed by atoms with van der Waals surface area (Å²) in [6, 6.07) is 3.85. The predicted molar refractivity (Wildman–Crippen MR) is 89.6 cm³/mol. The number of hydrogen-bond donors (Lipinski definition) is 1. The lowest BCUT2D eigenvalue weighted by Crippen LogP contribution is -2.24. The smallest absolute Gasteiger partial charge is 0.255 e. The van der Waals surface area contributed by atoms with Crippen molar-refractivity contribution in [1.82, 2.24) is 14.9 Å². The molecule has 3 rings (SSSR count). The Balaban J connectivity index is 2.08. The van der Waals surface area contributed by atoms with E-state index < -0.39 is 0 Å². The minimum absolute atomic E-state index is 0.0835. The van der Waals surface area contributed by atoms with E-state index >= 15 is 0 Å². The van der Waals surface area contributed by atoms with Gasteiger partial charge in [0, 0.05) is 30.9 Å². The van der Waals surface area contributed by atoms with Gasteiger partial charge in [-0.3, -0.25) is 4.79 Å². The molecule has 0 aliphatic heterocycles. The second-order valence-corrected chi connectivity index (χ2v) is 5.75. The summed E-state index contributed by atoms with van der Waals surface area (Å²) in [4.78, 5) is 16.5. The van der Waals surface area contributed by atoms with Crippen molar-refractivity contribution < 1.29 is 9.21 Å². The lowest BCUT2D eigenvalue weighted by molar-refractivity contribution is 0.0954. The fourth-order valence-corrected chi connectivity index (χ4v) is 2.77. The monoisotopic (exact) mass is 311 g/mol. The molecule has 1 aromatic carbocycles. The fraction of sp³-hybridized carbons (Fsp3) is 0.333. The van der Waals surface area contributed by atoms with Gasteiger partial charge >= 0.3 is 0 Å². The highest BCUT2D eigenvalue weighted by Crippen LogP contribution is 2.31. The Kier molecular flexibility index (Phi) is 4.19. The molecular weight excluding hydrogens is 290 g/mol. The van der Waals surface area contributed by atoms with Crippen LogP contribution in [0.3, 0.4) is 0 Å². The highest BCUT2D eigenvalue weighted by atomic mass is 16.3. The quantitative estimate of drug-likeness (QED) is 0.785. The number of carbonyl (C=O) groups excluding carboxylic acids is 1. The van der Waals surface area contributed by atoms with Crippen LogP contribution in [0.4, 0.5) is 0 Å². The van der Waals surface area contributed by atoms with Crippen LogP contribution < -0.4 is 5.32 Å². The van der Waals surface area contributed by atoms with E-state index in [1.807, 2.05) is 43.7 Å². The summed E-state index contributed by atoms with van der Waals surface area (Å²) in [7, 11) is 0. The number of benzene rings is 1. The maximum Gasteiger partial charge on any atom is 0.255 e. The van der Waals surface area contributed by atoms with Gasteiger partial charge in [-0.15, -0.1) is 0 Å². The van der Waals surface area contributed by atoms with Crippen LogP contribution in [-0.4, -0.2) is 22.0 Å². The number of amides is 1. The first kappa shape index (κ1) is 15.3. The second-order valence-electron chi connectivity index (χ2n) is 5.75. The third-order valence-corrected chi connectivity index (χ3v) is 4.09. The van der Waals surface area contributed by atoms with Crippen molar-refractivity contribution >= 4 is 16.9 Å². The van der Waals surface area contributed by atoms with Crippen LogP contribution in [0.25, 0.3) is 11.0 Å². The van der Waals surface area contributed by atoms with Gasteiger partial charge in [-0.2, -0.15) is 0 Å². The average Bonchev–Trinajstić information content (AvgIpc) is 3.14. The number of furan rings is 1. The topological polar surface area (TPSA) is 60.1 Å². The van der Waals surface area contributed by atoms with Crippen molar-refractivity contribution in [2.24, 2.45) is 0 Å². The molecule has 1 N–H and O–H groups in total. The third kappa shape index (κ3) is 2.86. The van der Waals surface area contributed by atoms with E-state index in [-0.39, 0.29) is 5.91 Å². The van der Waals surface area contributed by atoms with Crippen molar-refractivity contribution in [3.8, 4) is 0 Å². The number of aromatic nitrogens is 2. The number of aryl methyl sites for hydroxylation is 2.